The molecule has 0 spiro atoms. The Morgan fingerprint density at radius 2 is 2.24 bits per heavy atom. The van der Waals surface area contributed by atoms with Crippen molar-refractivity contribution in [1.29, 1.82) is 0 Å². The first-order chi connectivity index (χ1) is 10.3. The fourth-order valence-electron chi connectivity index (χ4n) is 1.99. The minimum atomic E-state index is 0.417. The first-order valence-electron chi connectivity index (χ1n) is 7.04. The maximum absolute atomic E-state index is 4.43. The van der Waals surface area contributed by atoms with Gasteiger partial charge in [-0.15, -0.1) is 0 Å². The summed E-state index contributed by atoms with van der Waals surface area (Å²) in [4.78, 5) is 17.2. The summed E-state index contributed by atoms with van der Waals surface area (Å²) in [7, 11) is 0. The van der Waals surface area contributed by atoms with Crippen LogP contribution in [0, 0.1) is 0 Å². The molecule has 8 nitrogen and oxygen atoms in total. The quantitative estimate of drug-likeness (QED) is 0.822. The summed E-state index contributed by atoms with van der Waals surface area (Å²) in [5, 5.41) is 10.6. The Bertz CT molecular complexity index is 567. The summed E-state index contributed by atoms with van der Waals surface area (Å²) < 4.78 is 1.54. The minimum Gasteiger partial charge on any atom is -0.354 e. The molecule has 21 heavy (non-hydrogen) atoms. The minimum absolute atomic E-state index is 0.417. The molecule has 0 aromatic carbocycles. The van der Waals surface area contributed by atoms with Crippen molar-refractivity contribution in [2.45, 2.75) is 25.8 Å². The van der Waals surface area contributed by atoms with Gasteiger partial charge in [0.15, 0.2) is 0 Å². The van der Waals surface area contributed by atoms with Crippen molar-refractivity contribution in [2.24, 2.45) is 0 Å². The topological polar surface area (TPSA) is 93.4 Å². The predicted molar refractivity (Wildman–Crippen MR) is 82.9 cm³/mol. The first kappa shape index (κ1) is 14.1. The molecular weight excluding hydrogens is 288 g/mol. The van der Waals surface area contributed by atoms with Gasteiger partial charge in [0.1, 0.15) is 12.7 Å². The Balaban J connectivity index is 1.84. The molecular formula is C12H18N8S. The number of rotatable bonds is 6. The van der Waals surface area contributed by atoms with Gasteiger partial charge in [-0.25, -0.2) is 4.98 Å². The second kappa shape index (κ2) is 6.70. The van der Waals surface area contributed by atoms with Gasteiger partial charge in [-0.2, -0.15) is 36.5 Å². The number of hydrogen-bond donors (Lipinski definition) is 2. The van der Waals surface area contributed by atoms with Crippen LogP contribution in [-0.2, 0) is 0 Å². The van der Waals surface area contributed by atoms with Crippen molar-refractivity contribution in [2.75, 3.05) is 28.7 Å². The van der Waals surface area contributed by atoms with E-state index in [-0.39, 0.29) is 0 Å². The number of nitrogens with one attached hydrogen (secondary N) is 2. The Labute approximate surface area is 127 Å². The van der Waals surface area contributed by atoms with Crippen LogP contribution in [0.5, 0.6) is 0 Å². The molecule has 2 aromatic rings. The average Bonchev–Trinajstić information content (AvgIpc) is 3.18. The third kappa shape index (κ3) is 3.60. The SMILES string of the molecule is CCCNc1nc(NC2CCSC2)nc(-n2cncn2)n1. The van der Waals surface area contributed by atoms with E-state index in [2.05, 4.69) is 42.6 Å². The van der Waals surface area contributed by atoms with Crippen LogP contribution < -0.4 is 10.6 Å². The number of hydrogen-bond acceptors (Lipinski definition) is 8. The van der Waals surface area contributed by atoms with Gasteiger partial charge >= 0.3 is 0 Å². The summed E-state index contributed by atoms with van der Waals surface area (Å²) >= 11 is 1.94. The molecule has 1 fully saturated rings. The highest BCUT2D eigenvalue weighted by Gasteiger charge is 2.17. The molecule has 0 aliphatic carbocycles. The van der Waals surface area contributed by atoms with E-state index in [1.54, 1.807) is 6.33 Å². The molecule has 2 N–H and O–H groups in total. The highest BCUT2D eigenvalue weighted by Crippen LogP contribution is 2.20. The van der Waals surface area contributed by atoms with E-state index in [9.17, 15) is 0 Å². The Kier molecular flexibility index (Phi) is 4.49. The zero-order valence-electron chi connectivity index (χ0n) is 11.9. The monoisotopic (exact) mass is 306 g/mol. The van der Waals surface area contributed by atoms with E-state index >= 15 is 0 Å². The second-order valence-electron chi connectivity index (χ2n) is 4.75. The lowest BCUT2D eigenvalue weighted by Crippen LogP contribution is -2.21. The van der Waals surface area contributed by atoms with Gasteiger partial charge in [-0.1, -0.05) is 6.92 Å². The van der Waals surface area contributed by atoms with Crippen LogP contribution in [0.2, 0.25) is 0 Å². The van der Waals surface area contributed by atoms with Crippen molar-refractivity contribution >= 4 is 23.7 Å². The average molecular weight is 306 g/mol. The summed E-state index contributed by atoms with van der Waals surface area (Å²) in [6.45, 7) is 2.92. The normalized spacial score (nSPS) is 17.9. The molecule has 1 atom stereocenters. The first-order valence-corrected chi connectivity index (χ1v) is 8.20. The highest BCUT2D eigenvalue weighted by molar-refractivity contribution is 7.99. The van der Waals surface area contributed by atoms with Crippen LogP contribution in [-0.4, -0.2) is 53.8 Å². The molecule has 1 aliphatic heterocycles. The van der Waals surface area contributed by atoms with Crippen LogP contribution >= 0.6 is 11.8 Å². The summed E-state index contributed by atoms with van der Waals surface area (Å²) in [5.74, 6) is 3.88. The Hall–Kier alpha value is -1.90. The lowest BCUT2D eigenvalue weighted by molar-refractivity contribution is 0.766. The number of anilines is 2. The molecule has 1 saturated heterocycles. The summed E-state index contributed by atoms with van der Waals surface area (Å²) in [6, 6.07) is 0.417. The fourth-order valence-corrected chi connectivity index (χ4v) is 3.14. The molecule has 3 rings (SSSR count). The smallest absolute Gasteiger partial charge is 0.258 e. The van der Waals surface area contributed by atoms with Crippen molar-refractivity contribution in [1.82, 2.24) is 29.7 Å². The van der Waals surface area contributed by atoms with Gasteiger partial charge < -0.3 is 10.6 Å². The van der Waals surface area contributed by atoms with Gasteiger partial charge in [0.05, 0.1) is 0 Å². The molecule has 0 bridgehead atoms. The van der Waals surface area contributed by atoms with Crippen LogP contribution in [0.3, 0.4) is 0 Å². The lowest BCUT2D eigenvalue weighted by atomic mass is 10.3. The van der Waals surface area contributed by atoms with E-state index in [0.29, 0.717) is 23.9 Å². The molecule has 9 heteroatoms. The largest absolute Gasteiger partial charge is 0.354 e. The van der Waals surface area contributed by atoms with E-state index < -0.39 is 0 Å². The molecule has 0 radical (unpaired) electrons. The van der Waals surface area contributed by atoms with E-state index in [0.717, 1.165) is 25.1 Å². The zero-order valence-corrected chi connectivity index (χ0v) is 12.7. The van der Waals surface area contributed by atoms with Crippen LogP contribution in [0.4, 0.5) is 11.9 Å². The summed E-state index contributed by atoms with van der Waals surface area (Å²) in [6.07, 6.45) is 5.18. The molecule has 1 unspecified atom stereocenters. The third-order valence-corrected chi connectivity index (χ3v) is 4.21. The third-order valence-electron chi connectivity index (χ3n) is 3.04. The predicted octanol–water partition coefficient (Wildman–Crippen LogP) is 1.19. The zero-order chi connectivity index (χ0) is 14.5. The van der Waals surface area contributed by atoms with Crippen LogP contribution in [0.1, 0.15) is 19.8 Å². The van der Waals surface area contributed by atoms with Gasteiger partial charge in [0.25, 0.3) is 5.95 Å². The molecule has 0 saturated carbocycles. The Morgan fingerprint density at radius 3 is 2.95 bits per heavy atom. The molecule has 1 aliphatic rings. The number of nitrogens with zero attached hydrogens (tertiary/aromatic N) is 6. The standard InChI is InChI=1S/C12H18N8S/c1-2-4-14-10-17-11(16-9-3-5-21-6-9)19-12(18-10)20-8-13-7-15-20/h7-9H,2-6H2,1H3,(H2,14,16,17,18,19). The maximum Gasteiger partial charge on any atom is 0.258 e. The fraction of sp³-hybridized carbons (Fsp3) is 0.583. The molecule has 2 aromatic heterocycles. The van der Waals surface area contributed by atoms with Crippen molar-refractivity contribution < 1.29 is 0 Å². The van der Waals surface area contributed by atoms with Crippen molar-refractivity contribution in [3.05, 3.63) is 12.7 Å². The van der Waals surface area contributed by atoms with Gasteiger partial charge in [0, 0.05) is 18.3 Å². The van der Waals surface area contributed by atoms with E-state index in [1.165, 1.54) is 16.8 Å². The molecule has 112 valence electrons. The van der Waals surface area contributed by atoms with E-state index in [4.69, 9.17) is 0 Å². The summed E-state index contributed by atoms with van der Waals surface area (Å²) in [5.41, 5.74) is 0. The van der Waals surface area contributed by atoms with E-state index in [1.807, 2.05) is 11.8 Å². The van der Waals surface area contributed by atoms with Gasteiger partial charge in [-0.3, -0.25) is 0 Å². The second-order valence-corrected chi connectivity index (χ2v) is 5.90. The number of aromatic nitrogens is 6. The molecule has 3 heterocycles. The van der Waals surface area contributed by atoms with Gasteiger partial charge in [0.2, 0.25) is 11.9 Å². The maximum atomic E-state index is 4.43. The Morgan fingerprint density at radius 1 is 1.33 bits per heavy atom. The van der Waals surface area contributed by atoms with Crippen LogP contribution in [0.15, 0.2) is 12.7 Å². The highest BCUT2D eigenvalue weighted by atomic mass is 32.2. The number of thioether (sulfide) groups is 1. The van der Waals surface area contributed by atoms with Crippen LogP contribution in [0.25, 0.3) is 5.95 Å². The van der Waals surface area contributed by atoms with Crippen molar-refractivity contribution in [3.8, 4) is 5.95 Å². The van der Waals surface area contributed by atoms with Gasteiger partial charge in [-0.05, 0) is 18.6 Å². The molecule has 0 amide bonds. The van der Waals surface area contributed by atoms with Crippen molar-refractivity contribution in [3.63, 3.8) is 0 Å². The lowest BCUT2D eigenvalue weighted by Gasteiger charge is -2.13.